The predicted octanol–water partition coefficient (Wildman–Crippen LogP) is 3.89. The van der Waals surface area contributed by atoms with Crippen LogP contribution in [0.25, 0.3) is 16.7 Å². The summed E-state index contributed by atoms with van der Waals surface area (Å²) < 4.78 is 46.8. The van der Waals surface area contributed by atoms with E-state index in [1.165, 1.54) is 10.2 Å². The molecule has 0 bridgehead atoms. The van der Waals surface area contributed by atoms with Gasteiger partial charge in [0.05, 0.1) is 56.1 Å². The van der Waals surface area contributed by atoms with Crippen LogP contribution in [0, 0.1) is 6.92 Å². The molecule has 230 valence electrons. The molecule has 0 unspecified atom stereocenters. The van der Waals surface area contributed by atoms with Gasteiger partial charge in [-0.25, -0.2) is 17.4 Å². The lowest BCUT2D eigenvalue weighted by Gasteiger charge is -2.23. The summed E-state index contributed by atoms with van der Waals surface area (Å²) in [5, 5.41) is 13.7. The number of aliphatic hydroxyl groups excluding tert-OH is 1. The van der Waals surface area contributed by atoms with Crippen molar-refractivity contribution in [1.82, 2.24) is 23.5 Å². The van der Waals surface area contributed by atoms with Gasteiger partial charge in [0, 0.05) is 24.9 Å². The summed E-state index contributed by atoms with van der Waals surface area (Å²) in [6.45, 7) is 2.47. The highest BCUT2D eigenvalue weighted by molar-refractivity contribution is 7.90. The molecule has 1 saturated heterocycles. The van der Waals surface area contributed by atoms with Gasteiger partial charge in [-0.05, 0) is 38.0 Å². The normalized spacial score (nSPS) is 15.1. The maximum Gasteiger partial charge on any atom is 0.269 e. The van der Waals surface area contributed by atoms with Crippen molar-refractivity contribution < 1.29 is 27.7 Å². The number of nitrogens with one attached hydrogen (secondary N) is 1. The zero-order chi connectivity index (χ0) is 31.0. The summed E-state index contributed by atoms with van der Waals surface area (Å²) >= 11 is 0. The van der Waals surface area contributed by atoms with Gasteiger partial charge >= 0.3 is 0 Å². The minimum atomic E-state index is -3.96. The largest absolute Gasteiger partial charge is 0.493 e. The van der Waals surface area contributed by atoms with Gasteiger partial charge in [-0.1, -0.05) is 17.7 Å². The molecule has 0 amide bonds. The first-order valence-electron chi connectivity index (χ1n) is 14.0. The number of hydrogen-bond acceptors (Lipinski definition) is 11. The molecule has 0 aliphatic carbocycles. The number of imidazole rings is 1. The van der Waals surface area contributed by atoms with Crippen LogP contribution in [0.2, 0.25) is 0 Å². The van der Waals surface area contributed by atoms with E-state index >= 15 is 0 Å². The second-order valence-corrected chi connectivity index (χ2v) is 12.2. The number of rotatable bonds is 10. The molecule has 1 aliphatic rings. The van der Waals surface area contributed by atoms with Crippen molar-refractivity contribution in [1.29, 1.82) is 0 Å². The summed E-state index contributed by atoms with van der Waals surface area (Å²) in [5.41, 5.74) is 1.88. The first-order chi connectivity index (χ1) is 21.3. The van der Waals surface area contributed by atoms with Crippen LogP contribution in [0.3, 0.4) is 0 Å². The van der Waals surface area contributed by atoms with Crippen LogP contribution in [0.5, 0.6) is 17.2 Å². The number of aryl methyl sites for hydroxylation is 1. The number of ether oxygens (including phenoxy) is 3. The van der Waals surface area contributed by atoms with Crippen molar-refractivity contribution in [2.45, 2.75) is 30.7 Å². The smallest absolute Gasteiger partial charge is 0.269 e. The minimum Gasteiger partial charge on any atom is -0.493 e. The summed E-state index contributed by atoms with van der Waals surface area (Å²) in [7, 11) is 0.677. The van der Waals surface area contributed by atoms with Gasteiger partial charge < -0.3 is 34.1 Å². The van der Waals surface area contributed by atoms with Crippen LogP contribution in [0.1, 0.15) is 18.4 Å². The molecule has 44 heavy (non-hydrogen) atoms. The molecular formula is C30H33N7O6S. The summed E-state index contributed by atoms with van der Waals surface area (Å²) in [5.74, 6) is 2.61. The molecule has 1 atom stereocenters. The highest BCUT2D eigenvalue weighted by Crippen LogP contribution is 2.39. The van der Waals surface area contributed by atoms with Crippen LogP contribution in [0.4, 0.5) is 17.6 Å². The molecule has 2 N–H and O–H groups in total. The predicted molar refractivity (Wildman–Crippen MR) is 165 cm³/mol. The fourth-order valence-corrected chi connectivity index (χ4v) is 6.67. The number of anilines is 3. The van der Waals surface area contributed by atoms with E-state index in [0.717, 1.165) is 18.4 Å². The van der Waals surface area contributed by atoms with E-state index in [0.29, 0.717) is 52.5 Å². The molecule has 0 radical (unpaired) electrons. The van der Waals surface area contributed by atoms with Gasteiger partial charge in [0.2, 0.25) is 11.7 Å². The van der Waals surface area contributed by atoms with Crippen molar-refractivity contribution in [3.05, 3.63) is 66.7 Å². The van der Waals surface area contributed by atoms with Crippen molar-refractivity contribution in [2.75, 3.05) is 44.7 Å². The van der Waals surface area contributed by atoms with Crippen molar-refractivity contribution in [3.63, 3.8) is 0 Å². The van der Waals surface area contributed by atoms with Gasteiger partial charge in [-0.15, -0.1) is 0 Å². The molecule has 3 aromatic heterocycles. The molecule has 0 spiro atoms. The van der Waals surface area contributed by atoms with Gasteiger partial charge in [0.25, 0.3) is 10.0 Å². The summed E-state index contributed by atoms with van der Waals surface area (Å²) in [6, 6.07) is 11.8. The van der Waals surface area contributed by atoms with Crippen LogP contribution in [-0.4, -0.2) is 77.5 Å². The molecule has 5 aromatic rings. The Balaban J connectivity index is 1.43. The van der Waals surface area contributed by atoms with Crippen molar-refractivity contribution in [2.24, 2.45) is 0 Å². The first-order valence-corrected chi connectivity index (χ1v) is 15.4. The molecule has 14 heteroatoms. The SMILES string of the molecule is COc1cc(-n2cnc(Nc3nc(N4CCC[C@H]4CO)nc4c3ccn4S(=O)(=O)c3ccc(C)cc3)c2)cc(OC)c1OC. The molecule has 1 aliphatic heterocycles. The molecule has 13 nitrogen and oxygen atoms in total. The molecular weight excluding hydrogens is 586 g/mol. The molecule has 2 aromatic carbocycles. The molecule has 6 rings (SSSR count). The Bertz CT molecular complexity index is 1900. The van der Waals surface area contributed by atoms with Crippen LogP contribution >= 0.6 is 0 Å². The standard InChI is InChI=1S/C30H33N7O6S/c1-19-7-9-22(10-8-19)44(39,40)37-13-11-23-28(33-30(34-29(23)37)36-12-5-6-20(36)17-38)32-26-16-35(18-31-26)21-14-24(41-2)27(43-4)25(15-21)42-3/h7-11,13-16,18,20,38H,5-6,12,17H2,1-4H3,(H,32,33,34)/t20-/m0/s1. The molecule has 1 fully saturated rings. The average molecular weight is 620 g/mol. The number of hydrogen-bond donors (Lipinski definition) is 2. The maximum absolute atomic E-state index is 13.7. The fraction of sp³-hybridized carbons (Fsp3) is 0.300. The van der Waals surface area contributed by atoms with Crippen LogP contribution in [-0.2, 0) is 10.0 Å². The third kappa shape index (κ3) is 5.15. The number of fused-ring (bicyclic) bond motifs is 1. The number of benzene rings is 2. The van der Waals surface area contributed by atoms with Crippen LogP contribution in [0.15, 0.2) is 66.1 Å². The monoisotopic (exact) mass is 619 g/mol. The van der Waals surface area contributed by atoms with E-state index in [1.54, 1.807) is 80.9 Å². The Morgan fingerprint density at radius 2 is 1.75 bits per heavy atom. The van der Waals surface area contributed by atoms with E-state index in [1.807, 2.05) is 11.8 Å². The number of aliphatic hydroxyl groups is 1. The van der Waals surface area contributed by atoms with Gasteiger partial charge in [-0.3, -0.25) is 0 Å². The van der Waals surface area contributed by atoms with Gasteiger partial charge in [-0.2, -0.15) is 9.97 Å². The fourth-order valence-electron chi connectivity index (χ4n) is 5.38. The van der Waals surface area contributed by atoms with Gasteiger partial charge in [0.15, 0.2) is 17.1 Å². The number of methoxy groups -OCH3 is 3. The minimum absolute atomic E-state index is 0.0635. The Hall–Kier alpha value is -4.82. The highest BCUT2D eigenvalue weighted by atomic mass is 32.2. The lowest BCUT2D eigenvalue weighted by atomic mass is 10.2. The third-order valence-electron chi connectivity index (χ3n) is 7.70. The topological polar surface area (TPSA) is 146 Å². The zero-order valence-electron chi connectivity index (χ0n) is 24.8. The number of nitrogens with zero attached hydrogens (tertiary/aromatic N) is 6. The second-order valence-electron chi connectivity index (χ2n) is 10.4. The van der Waals surface area contributed by atoms with Crippen LogP contribution < -0.4 is 24.4 Å². The summed E-state index contributed by atoms with van der Waals surface area (Å²) in [4.78, 5) is 16.1. The average Bonchev–Trinajstić information content (AvgIpc) is 3.80. The lowest BCUT2D eigenvalue weighted by Crippen LogP contribution is -2.33. The van der Waals surface area contributed by atoms with Crippen molar-refractivity contribution >= 4 is 38.6 Å². The lowest BCUT2D eigenvalue weighted by molar-refractivity contribution is 0.265. The molecule has 0 saturated carbocycles. The van der Waals surface area contributed by atoms with Crippen molar-refractivity contribution in [3.8, 4) is 22.9 Å². The highest BCUT2D eigenvalue weighted by Gasteiger charge is 2.29. The Labute approximate surface area is 254 Å². The van der Waals surface area contributed by atoms with E-state index in [2.05, 4.69) is 10.3 Å². The summed E-state index contributed by atoms with van der Waals surface area (Å²) in [6.07, 6.45) is 6.50. The van der Waals surface area contributed by atoms with E-state index in [9.17, 15) is 13.5 Å². The second kappa shape index (κ2) is 11.7. The zero-order valence-corrected chi connectivity index (χ0v) is 25.6. The van der Waals surface area contributed by atoms with E-state index < -0.39 is 10.0 Å². The quantitative estimate of drug-likeness (QED) is 0.235. The van der Waals surface area contributed by atoms with E-state index in [4.69, 9.17) is 24.2 Å². The maximum atomic E-state index is 13.7. The Morgan fingerprint density at radius 1 is 1.02 bits per heavy atom. The van der Waals surface area contributed by atoms with Gasteiger partial charge in [0.1, 0.15) is 18.0 Å². The molecule has 4 heterocycles. The number of aromatic nitrogens is 5. The Morgan fingerprint density at radius 3 is 2.41 bits per heavy atom. The first kappa shape index (κ1) is 29.3. The Kier molecular flexibility index (Phi) is 7.78. The van der Waals surface area contributed by atoms with E-state index in [-0.39, 0.29) is 23.2 Å². The third-order valence-corrected chi connectivity index (χ3v) is 9.38.